The van der Waals surface area contributed by atoms with Crippen molar-refractivity contribution >= 4 is 0 Å². The zero-order chi connectivity index (χ0) is 25.7. The van der Waals surface area contributed by atoms with Gasteiger partial charge in [0.25, 0.3) is 0 Å². The third-order valence-corrected chi connectivity index (χ3v) is 6.70. The zero-order valence-corrected chi connectivity index (χ0v) is 21.5. The first-order valence-electron chi connectivity index (χ1n) is 12.3. The lowest BCUT2D eigenvalue weighted by Crippen LogP contribution is -2.33. The van der Waals surface area contributed by atoms with Crippen LogP contribution in [0.3, 0.4) is 0 Å². The Morgan fingerprint density at radius 3 is 2.33 bits per heavy atom. The van der Waals surface area contributed by atoms with Gasteiger partial charge in [-0.25, -0.2) is 0 Å². The molecule has 36 heavy (non-hydrogen) atoms. The van der Waals surface area contributed by atoms with E-state index in [1.807, 2.05) is 36.4 Å². The van der Waals surface area contributed by atoms with Crippen LogP contribution in [0.1, 0.15) is 35.2 Å². The number of methoxy groups -OCH3 is 2. The number of benzene rings is 3. The Labute approximate surface area is 213 Å². The van der Waals surface area contributed by atoms with Crippen LogP contribution >= 0.6 is 0 Å². The lowest BCUT2D eigenvalue weighted by Gasteiger charge is -2.35. The smallest absolute Gasteiger partial charge is 0.169 e. The molecule has 0 saturated carbocycles. The van der Waals surface area contributed by atoms with Crippen LogP contribution in [0.4, 0.5) is 0 Å². The van der Waals surface area contributed by atoms with E-state index in [-0.39, 0.29) is 18.4 Å². The van der Waals surface area contributed by atoms with Crippen molar-refractivity contribution in [2.24, 2.45) is 0 Å². The first-order chi connectivity index (χ1) is 17.4. The lowest BCUT2D eigenvalue weighted by molar-refractivity contribution is 0.226. The lowest BCUT2D eigenvalue weighted by atomic mass is 9.88. The summed E-state index contributed by atoms with van der Waals surface area (Å²) in [6.07, 6.45) is 2.71. The van der Waals surface area contributed by atoms with Gasteiger partial charge < -0.3 is 24.1 Å². The van der Waals surface area contributed by atoms with E-state index < -0.39 is 0 Å². The van der Waals surface area contributed by atoms with E-state index in [1.165, 1.54) is 22.3 Å². The Hall–Kier alpha value is -3.48. The minimum absolute atomic E-state index is 0.178. The van der Waals surface area contributed by atoms with E-state index in [0.29, 0.717) is 17.2 Å². The quantitative estimate of drug-likeness (QED) is 0.368. The largest absolute Gasteiger partial charge is 0.493 e. The van der Waals surface area contributed by atoms with E-state index in [9.17, 15) is 5.11 Å². The van der Waals surface area contributed by atoms with Crippen molar-refractivity contribution < 1.29 is 24.1 Å². The summed E-state index contributed by atoms with van der Waals surface area (Å²) in [4.78, 5) is 2.37. The monoisotopic (exact) mass is 489 g/mol. The molecule has 0 spiro atoms. The van der Waals surface area contributed by atoms with Crippen molar-refractivity contribution in [1.82, 2.24) is 4.90 Å². The maximum atomic E-state index is 9.37. The van der Waals surface area contributed by atoms with Gasteiger partial charge in [-0.15, -0.1) is 0 Å². The number of rotatable bonds is 10. The molecule has 3 aromatic rings. The molecule has 1 heterocycles. The molecule has 1 N–H and O–H groups in total. The predicted molar refractivity (Wildman–Crippen MR) is 142 cm³/mol. The predicted octanol–water partition coefficient (Wildman–Crippen LogP) is 5.72. The number of aryl methyl sites for hydroxylation is 1. The molecule has 0 radical (unpaired) electrons. The normalized spacial score (nSPS) is 15.2. The van der Waals surface area contributed by atoms with Gasteiger partial charge in [0.05, 0.1) is 14.2 Å². The van der Waals surface area contributed by atoms with Crippen LogP contribution < -0.4 is 18.9 Å². The molecule has 0 saturated heterocycles. The second-order valence-electron chi connectivity index (χ2n) is 9.04. The van der Waals surface area contributed by atoms with Gasteiger partial charge in [-0.05, 0) is 85.0 Å². The van der Waals surface area contributed by atoms with Gasteiger partial charge in [-0.2, -0.15) is 0 Å². The van der Waals surface area contributed by atoms with Crippen LogP contribution in [0.2, 0.25) is 0 Å². The minimum atomic E-state index is -0.243. The highest BCUT2D eigenvalue weighted by atomic mass is 16.5. The molecule has 0 bridgehead atoms. The third-order valence-electron chi connectivity index (χ3n) is 6.70. The second-order valence-corrected chi connectivity index (χ2v) is 9.04. The van der Waals surface area contributed by atoms with Gasteiger partial charge in [0.2, 0.25) is 0 Å². The van der Waals surface area contributed by atoms with Crippen molar-refractivity contribution in [3.8, 4) is 28.7 Å². The third kappa shape index (κ3) is 5.66. The van der Waals surface area contributed by atoms with Crippen LogP contribution in [-0.2, 0) is 19.3 Å². The number of nitrogens with zero attached hydrogens (tertiary/aromatic N) is 1. The Kier molecular flexibility index (Phi) is 8.18. The molecule has 3 aromatic carbocycles. The van der Waals surface area contributed by atoms with Crippen molar-refractivity contribution in [1.29, 1.82) is 0 Å². The van der Waals surface area contributed by atoms with E-state index >= 15 is 0 Å². The summed E-state index contributed by atoms with van der Waals surface area (Å²) in [7, 11) is 5.43. The summed E-state index contributed by atoms with van der Waals surface area (Å²) in [5.41, 5.74) is 4.86. The van der Waals surface area contributed by atoms with Gasteiger partial charge in [0, 0.05) is 12.6 Å². The molecule has 190 valence electrons. The number of aliphatic hydroxyl groups is 1. The van der Waals surface area contributed by atoms with Crippen LogP contribution in [0, 0.1) is 0 Å². The first kappa shape index (κ1) is 25.6. The molecular formula is C30H35NO5. The summed E-state index contributed by atoms with van der Waals surface area (Å²) in [5, 5.41) is 9.37. The van der Waals surface area contributed by atoms with Gasteiger partial charge in [-0.3, -0.25) is 4.90 Å². The fourth-order valence-corrected chi connectivity index (χ4v) is 4.59. The van der Waals surface area contributed by atoms with E-state index in [0.717, 1.165) is 37.3 Å². The van der Waals surface area contributed by atoms with Crippen LogP contribution in [0.5, 0.6) is 28.7 Å². The fourth-order valence-electron chi connectivity index (χ4n) is 4.59. The number of fused-ring (bicyclic) bond motifs is 1. The molecule has 1 aliphatic rings. The first-order valence-corrected chi connectivity index (χ1v) is 12.3. The van der Waals surface area contributed by atoms with Crippen molar-refractivity contribution in [2.45, 2.75) is 32.2 Å². The highest BCUT2D eigenvalue weighted by molar-refractivity contribution is 5.51. The molecule has 0 amide bonds. The fraction of sp³-hybridized carbons (Fsp3) is 0.333. The summed E-state index contributed by atoms with van der Waals surface area (Å²) < 4.78 is 23.0. The standard InChI is InChI=1S/C30H35NO5/c1-6-21-9-12-27(33-4)29(16-21)36-24-10-7-22(8-11-24)15-26-25-18-30(35-20(2)19-32)28(34-5)17-23(25)13-14-31(26)3/h7-12,16-18,26,32H,2,6,13-15,19H2,1,3-5H3/t26-/m0/s1. The molecular weight excluding hydrogens is 454 g/mol. The topological polar surface area (TPSA) is 60.4 Å². The number of hydrogen-bond acceptors (Lipinski definition) is 6. The minimum Gasteiger partial charge on any atom is -0.493 e. The number of ether oxygens (including phenoxy) is 4. The number of hydrogen-bond donors (Lipinski definition) is 1. The van der Waals surface area contributed by atoms with E-state index in [2.05, 4.69) is 43.6 Å². The second kappa shape index (κ2) is 11.5. The zero-order valence-electron chi connectivity index (χ0n) is 21.5. The Morgan fingerprint density at radius 2 is 1.67 bits per heavy atom. The Balaban J connectivity index is 1.56. The maximum absolute atomic E-state index is 9.37. The SMILES string of the molecule is C=C(CO)Oc1cc2c(cc1OC)CCN(C)[C@H]2Cc1ccc(Oc2cc(CC)ccc2OC)cc1. The van der Waals surface area contributed by atoms with Crippen LogP contribution in [0.25, 0.3) is 0 Å². The summed E-state index contributed by atoms with van der Waals surface area (Å²) in [6.45, 7) is 6.59. The van der Waals surface area contributed by atoms with Gasteiger partial charge in [0.15, 0.2) is 23.0 Å². The highest BCUT2D eigenvalue weighted by Gasteiger charge is 2.27. The van der Waals surface area contributed by atoms with Crippen molar-refractivity contribution in [2.75, 3.05) is 34.4 Å². The van der Waals surface area contributed by atoms with E-state index in [1.54, 1.807) is 14.2 Å². The molecule has 1 atom stereocenters. The summed E-state index contributed by atoms with van der Waals surface area (Å²) in [6, 6.07) is 18.5. The van der Waals surface area contributed by atoms with Crippen molar-refractivity contribution in [3.05, 3.63) is 89.2 Å². The molecule has 4 rings (SSSR count). The molecule has 0 aromatic heterocycles. The molecule has 0 aliphatic carbocycles. The molecule has 0 unspecified atom stereocenters. The summed E-state index contributed by atoms with van der Waals surface area (Å²) in [5.74, 6) is 3.71. The Bertz CT molecular complexity index is 1200. The average Bonchev–Trinajstić information content (AvgIpc) is 2.90. The van der Waals surface area contributed by atoms with Gasteiger partial charge >= 0.3 is 0 Å². The number of likely N-dealkylation sites (N-methyl/N-ethyl adjacent to an activating group) is 1. The maximum Gasteiger partial charge on any atom is 0.169 e. The van der Waals surface area contributed by atoms with Crippen molar-refractivity contribution in [3.63, 3.8) is 0 Å². The molecule has 1 aliphatic heterocycles. The highest BCUT2D eigenvalue weighted by Crippen LogP contribution is 2.40. The van der Waals surface area contributed by atoms with Gasteiger partial charge in [-0.1, -0.05) is 31.7 Å². The molecule has 6 nitrogen and oxygen atoms in total. The molecule has 0 fully saturated rings. The Morgan fingerprint density at radius 1 is 0.944 bits per heavy atom. The number of aliphatic hydroxyl groups excluding tert-OH is 1. The average molecular weight is 490 g/mol. The van der Waals surface area contributed by atoms with Crippen LogP contribution in [-0.4, -0.2) is 44.4 Å². The van der Waals surface area contributed by atoms with Gasteiger partial charge in [0.1, 0.15) is 18.1 Å². The summed E-state index contributed by atoms with van der Waals surface area (Å²) >= 11 is 0. The van der Waals surface area contributed by atoms with Crippen LogP contribution in [0.15, 0.2) is 66.9 Å². The molecule has 6 heteroatoms. The van der Waals surface area contributed by atoms with E-state index in [4.69, 9.17) is 18.9 Å².